The van der Waals surface area contributed by atoms with Gasteiger partial charge in [0.1, 0.15) is 0 Å². The Kier molecular flexibility index (Phi) is 9.23. The molecule has 2 aromatic carbocycles. The second kappa shape index (κ2) is 11.5. The van der Waals surface area contributed by atoms with Crippen molar-refractivity contribution < 1.29 is 62.3 Å². The molecular weight excluding hydrogens is 568 g/mol. The van der Waals surface area contributed by atoms with Gasteiger partial charge < -0.3 is 21.3 Å². The van der Waals surface area contributed by atoms with E-state index in [4.69, 9.17) is 0 Å². The van der Waals surface area contributed by atoms with E-state index in [1.165, 1.54) is 0 Å². The minimum Gasteiger partial charge on any atom is -0.338 e. The molecule has 0 spiro atoms. The zero-order valence-electron chi connectivity index (χ0n) is 18.9. The smallest absolute Gasteiger partial charge is 0.338 e. The van der Waals surface area contributed by atoms with Crippen molar-refractivity contribution in [3.05, 3.63) is 58.7 Å². The van der Waals surface area contributed by atoms with Crippen LogP contribution in [0.25, 0.3) is 0 Å². The number of nitrogens with one attached hydrogen (secondary N) is 4. The van der Waals surface area contributed by atoms with Crippen molar-refractivity contribution in [2.24, 2.45) is 0 Å². The fourth-order valence-electron chi connectivity index (χ4n) is 2.90. The lowest BCUT2D eigenvalue weighted by Crippen LogP contribution is -2.34. The van der Waals surface area contributed by atoms with Gasteiger partial charge in [-0.15, -0.1) is 0 Å². The average molecular weight is 584 g/mol. The van der Waals surface area contributed by atoms with Crippen molar-refractivity contribution in [1.29, 1.82) is 0 Å². The predicted octanol–water partition coefficient (Wildman–Crippen LogP) is 7.10. The van der Waals surface area contributed by atoms with Crippen molar-refractivity contribution in [2.45, 2.75) is 31.1 Å². The molecule has 39 heavy (non-hydrogen) atoms. The van der Waals surface area contributed by atoms with Crippen molar-refractivity contribution >= 4 is 23.4 Å². The number of amides is 4. The van der Waals surface area contributed by atoms with Crippen LogP contribution in [-0.2, 0) is 24.7 Å². The molecule has 0 aliphatic rings. The highest BCUT2D eigenvalue weighted by Crippen LogP contribution is 2.38. The van der Waals surface area contributed by atoms with Crippen LogP contribution in [-0.4, -0.2) is 25.2 Å². The van der Waals surface area contributed by atoms with Crippen molar-refractivity contribution in [3.63, 3.8) is 0 Å². The summed E-state index contributed by atoms with van der Waals surface area (Å²) in [6.45, 7) is -0.585. The van der Waals surface area contributed by atoms with Gasteiger partial charge in [-0.1, -0.05) is 0 Å². The van der Waals surface area contributed by atoms with Gasteiger partial charge in [0.25, 0.3) is 0 Å². The van der Waals surface area contributed by atoms with Crippen LogP contribution in [0.15, 0.2) is 36.4 Å². The molecule has 216 valence electrons. The fraction of sp³-hybridized carbons (Fsp3) is 0.333. The van der Waals surface area contributed by atoms with E-state index in [2.05, 4.69) is 10.6 Å². The second-order valence-corrected chi connectivity index (χ2v) is 7.70. The van der Waals surface area contributed by atoms with Gasteiger partial charge in [0.15, 0.2) is 0 Å². The summed E-state index contributed by atoms with van der Waals surface area (Å²) in [6.07, 6.45) is -20.6. The number of rotatable bonds is 6. The zero-order valence-corrected chi connectivity index (χ0v) is 18.9. The maximum atomic E-state index is 12.9. The molecule has 0 saturated carbocycles. The summed E-state index contributed by atoms with van der Waals surface area (Å²) in [5.41, 5.74) is -8.27. The van der Waals surface area contributed by atoms with E-state index in [-0.39, 0.29) is 55.9 Å². The van der Waals surface area contributed by atoms with Gasteiger partial charge >= 0.3 is 36.8 Å². The molecule has 18 heteroatoms. The molecule has 0 heterocycles. The van der Waals surface area contributed by atoms with Gasteiger partial charge in [0.05, 0.1) is 22.3 Å². The zero-order chi connectivity index (χ0) is 29.8. The first-order valence-corrected chi connectivity index (χ1v) is 10.3. The lowest BCUT2D eigenvalue weighted by atomic mass is 10.1. The second-order valence-electron chi connectivity index (χ2n) is 7.70. The number of benzene rings is 2. The Hall–Kier alpha value is -3.86. The maximum Gasteiger partial charge on any atom is 0.416 e. The van der Waals surface area contributed by atoms with E-state index in [0.717, 1.165) is 0 Å². The molecule has 0 aromatic heterocycles. The summed E-state index contributed by atoms with van der Waals surface area (Å²) < 4.78 is 154. The molecule has 0 unspecified atom stereocenters. The van der Waals surface area contributed by atoms with Crippen molar-refractivity contribution in [2.75, 3.05) is 23.7 Å². The number of hydrogen-bond donors (Lipinski definition) is 4. The number of alkyl halides is 12. The summed E-state index contributed by atoms with van der Waals surface area (Å²) >= 11 is 0. The Labute approximate surface area is 210 Å². The lowest BCUT2D eigenvalue weighted by Gasteiger charge is -2.15. The van der Waals surface area contributed by atoms with Crippen LogP contribution in [0.2, 0.25) is 0 Å². The first kappa shape index (κ1) is 31.4. The van der Waals surface area contributed by atoms with Gasteiger partial charge in [-0.2, -0.15) is 52.7 Å². The van der Waals surface area contributed by atoms with Gasteiger partial charge in [0, 0.05) is 24.5 Å². The van der Waals surface area contributed by atoms with E-state index in [1.807, 2.05) is 0 Å². The van der Waals surface area contributed by atoms with E-state index < -0.39 is 70.4 Å². The number of hydrogen-bond acceptors (Lipinski definition) is 2. The topological polar surface area (TPSA) is 82.3 Å². The summed E-state index contributed by atoms with van der Waals surface area (Å²) in [5.74, 6) is 0. The highest BCUT2D eigenvalue weighted by atomic mass is 19.4. The van der Waals surface area contributed by atoms with Crippen LogP contribution in [0.1, 0.15) is 28.7 Å². The van der Waals surface area contributed by atoms with E-state index >= 15 is 0 Å². The molecule has 4 amide bonds. The largest absolute Gasteiger partial charge is 0.416 e. The lowest BCUT2D eigenvalue weighted by molar-refractivity contribution is -0.144. The third-order valence-corrected chi connectivity index (χ3v) is 4.62. The Morgan fingerprint density at radius 1 is 0.487 bits per heavy atom. The summed E-state index contributed by atoms with van der Waals surface area (Å²) in [4.78, 5) is 23.7. The van der Waals surface area contributed by atoms with Gasteiger partial charge in [0.2, 0.25) is 0 Å². The summed E-state index contributed by atoms with van der Waals surface area (Å²) in [7, 11) is 0. The Morgan fingerprint density at radius 3 is 0.974 bits per heavy atom. The number of carbonyl (C=O) groups excluding carboxylic acids is 2. The highest BCUT2D eigenvalue weighted by Gasteiger charge is 2.38. The molecule has 0 radical (unpaired) electrons. The molecule has 0 saturated heterocycles. The highest BCUT2D eigenvalue weighted by molar-refractivity contribution is 5.90. The molecule has 6 nitrogen and oxygen atoms in total. The molecule has 0 bridgehead atoms. The summed E-state index contributed by atoms with van der Waals surface area (Å²) in [5, 5.41) is 7.77. The van der Waals surface area contributed by atoms with Gasteiger partial charge in [-0.3, -0.25) is 0 Å². The van der Waals surface area contributed by atoms with Crippen LogP contribution in [0, 0.1) is 0 Å². The molecular formula is C21H16F12N4O2. The van der Waals surface area contributed by atoms with Gasteiger partial charge in [-0.05, 0) is 42.8 Å². The molecule has 4 N–H and O–H groups in total. The van der Waals surface area contributed by atoms with Crippen LogP contribution >= 0.6 is 0 Å². The summed E-state index contributed by atoms with van der Waals surface area (Å²) in [6, 6.07) is -1.56. The minimum absolute atomic E-state index is 0.104. The van der Waals surface area contributed by atoms with E-state index in [0.29, 0.717) is 0 Å². The first-order chi connectivity index (χ1) is 17.7. The monoisotopic (exact) mass is 584 g/mol. The number of urea groups is 2. The Balaban J connectivity index is 1.90. The predicted molar refractivity (Wildman–Crippen MR) is 112 cm³/mol. The standard InChI is InChI=1S/C21H16F12N4O2/c22-18(23,24)10-4-11(19(25,26)27)7-14(6-10)36-16(38)34-2-1-3-35-17(39)37-15-8-12(20(28,29)30)5-13(9-15)21(31,32)33/h4-9H,1-3H2,(H2,34,36,38)(H2,35,37,39). The number of halogens is 12. The normalized spacial score (nSPS) is 12.6. The molecule has 2 rings (SSSR count). The first-order valence-electron chi connectivity index (χ1n) is 10.3. The van der Waals surface area contributed by atoms with Crippen molar-refractivity contribution in [1.82, 2.24) is 10.6 Å². The molecule has 0 aliphatic heterocycles. The molecule has 0 aliphatic carbocycles. The van der Waals surface area contributed by atoms with Crippen LogP contribution < -0.4 is 21.3 Å². The fourth-order valence-corrected chi connectivity index (χ4v) is 2.90. The van der Waals surface area contributed by atoms with Crippen LogP contribution in [0.5, 0.6) is 0 Å². The van der Waals surface area contributed by atoms with Crippen LogP contribution in [0.3, 0.4) is 0 Å². The Bertz CT molecular complexity index is 1030. The number of anilines is 2. The molecule has 0 fully saturated rings. The van der Waals surface area contributed by atoms with Crippen LogP contribution in [0.4, 0.5) is 73.6 Å². The van der Waals surface area contributed by atoms with Gasteiger partial charge in [-0.25, -0.2) is 9.59 Å². The average Bonchev–Trinajstić information content (AvgIpc) is 2.76. The van der Waals surface area contributed by atoms with E-state index in [9.17, 15) is 62.3 Å². The van der Waals surface area contributed by atoms with Crippen molar-refractivity contribution in [3.8, 4) is 0 Å². The van der Waals surface area contributed by atoms with E-state index in [1.54, 1.807) is 10.6 Å². The third-order valence-electron chi connectivity index (χ3n) is 4.62. The quantitative estimate of drug-likeness (QED) is 0.216. The minimum atomic E-state index is -5.14. The maximum absolute atomic E-state index is 12.9. The molecule has 0 atom stereocenters. The Morgan fingerprint density at radius 2 is 0.744 bits per heavy atom. The molecule has 2 aromatic rings. The third kappa shape index (κ3) is 9.75. The number of carbonyl (C=O) groups is 2. The SMILES string of the molecule is O=C(NCCCNC(=O)Nc1cc(C(F)(F)F)cc(C(F)(F)F)c1)Nc1cc(C(F)(F)F)cc(C(F)(F)F)c1.